The Kier molecular flexibility index (Phi) is 4.82. The van der Waals surface area contributed by atoms with Crippen LogP contribution in [0.4, 0.5) is 0 Å². The second-order valence-corrected chi connectivity index (χ2v) is 6.60. The van der Waals surface area contributed by atoms with E-state index in [2.05, 4.69) is 15.5 Å². The van der Waals surface area contributed by atoms with Crippen molar-refractivity contribution in [2.45, 2.75) is 20.0 Å². The number of nitrogens with one attached hydrogen (secondary N) is 1. The number of nitrogens with zero attached hydrogens (tertiary/aromatic N) is 4. The Morgan fingerprint density at radius 1 is 1.10 bits per heavy atom. The molecule has 0 unspecified atom stereocenters. The van der Waals surface area contributed by atoms with Crippen molar-refractivity contribution >= 4 is 16.9 Å². The maximum Gasteiger partial charge on any atom is 0.283 e. The Bertz CT molecular complexity index is 1210. The lowest BCUT2D eigenvalue weighted by atomic mass is 10.2. The van der Waals surface area contributed by atoms with Crippen molar-refractivity contribution < 1.29 is 9.53 Å². The second-order valence-electron chi connectivity index (χ2n) is 6.60. The van der Waals surface area contributed by atoms with Gasteiger partial charge in [-0.05, 0) is 38.1 Å². The number of aryl methyl sites for hydroxylation is 1. The average Bonchev–Trinajstić information content (AvgIpc) is 3.16. The molecule has 0 fully saturated rings. The third-order valence-corrected chi connectivity index (χ3v) is 4.42. The van der Waals surface area contributed by atoms with Crippen molar-refractivity contribution in [3.63, 3.8) is 0 Å². The summed E-state index contributed by atoms with van der Waals surface area (Å²) in [6.07, 6.45) is 1.91. The Hall–Kier alpha value is -3.94. The monoisotopic (exact) mass is 389 g/mol. The molecule has 4 rings (SSSR count). The zero-order chi connectivity index (χ0) is 20.4. The number of aromatic nitrogens is 4. The summed E-state index contributed by atoms with van der Waals surface area (Å²) in [5.41, 5.74) is 4.43. The Balaban J connectivity index is 1.57. The summed E-state index contributed by atoms with van der Waals surface area (Å²) >= 11 is 0. The van der Waals surface area contributed by atoms with Crippen molar-refractivity contribution in [2.24, 2.45) is 0 Å². The van der Waals surface area contributed by atoms with Crippen molar-refractivity contribution in [1.29, 1.82) is 0 Å². The molecule has 0 aliphatic carbocycles. The van der Waals surface area contributed by atoms with Crippen LogP contribution in [0.3, 0.4) is 0 Å². The molecule has 0 spiro atoms. The molecule has 2 aromatic carbocycles. The summed E-state index contributed by atoms with van der Waals surface area (Å²) in [5.74, 6) is 0.0958. The van der Waals surface area contributed by atoms with Crippen LogP contribution in [0.15, 0.2) is 71.9 Å². The third kappa shape index (κ3) is 3.73. The number of para-hydroxylation sites is 1. The molecule has 8 nitrogen and oxygen atoms in total. The van der Waals surface area contributed by atoms with Gasteiger partial charge in [0.05, 0.1) is 11.9 Å². The van der Waals surface area contributed by atoms with Crippen molar-refractivity contribution in [1.82, 2.24) is 19.4 Å². The van der Waals surface area contributed by atoms with E-state index < -0.39 is 17.6 Å². The fraction of sp³-hybridized carbons (Fsp3) is 0.143. The minimum absolute atomic E-state index is 0.296. The van der Waals surface area contributed by atoms with Crippen LogP contribution in [-0.4, -0.2) is 31.5 Å². The number of rotatable bonds is 5. The van der Waals surface area contributed by atoms with Crippen LogP contribution >= 0.6 is 0 Å². The van der Waals surface area contributed by atoms with Crippen molar-refractivity contribution in [2.75, 3.05) is 5.43 Å². The van der Waals surface area contributed by atoms with Gasteiger partial charge in [-0.3, -0.25) is 15.0 Å². The number of carbonyl (C=O) groups is 1. The Morgan fingerprint density at radius 2 is 1.83 bits per heavy atom. The van der Waals surface area contributed by atoms with Crippen molar-refractivity contribution in [3.8, 4) is 11.4 Å². The van der Waals surface area contributed by atoms with Crippen LogP contribution in [0.25, 0.3) is 16.7 Å². The summed E-state index contributed by atoms with van der Waals surface area (Å²) in [4.78, 5) is 29.5. The molecule has 29 heavy (non-hydrogen) atoms. The van der Waals surface area contributed by atoms with Gasteiger partial charge in [0.2, 0.25) is 0 Å². The lowest BCUT2D eigenvalue weighted by Crippen LogP contribution is -2.39. The van der Waals surface area contributed by atoms with E-state index in [1.165, 1.54) is 12.5 Å². The smallest absolute Gasteiger partial charge is 0.283 e. The van der Waals surface area contributed by atoms with E-state index in [9.17, 15) is 9.59 Å². The van der Waals surface area contributed by atoms with Gasteiger partial charge in [0.25, 0.3) is 11.5 Å². The molecule has 0 radical (unpaired) electrons. The molecule has 0 bridgehead atoms. The maximum atomic E-state index is 12.8. The first-order valence-electron chi connectivity index (χ1n) is 9.08. The lowest BCUT2D eigenvalue weighted by Gasteiger charge is -2.15. The van der Waals surface area contributed by atoms with E-state index in [4.69, 9.17) is 4.74 Å². The van der Waals surface area contributed by atoms with E-state index in [0.717, 1.165) is 15.9 Å². The SMILES string of the molecule is Cc1ccc(-n2ncc3c(=O)n(NC(=O)[C@H](C)Oc4ccccc4)cnc32)cc1. The minimum atomic E-state index is -0.796. The van der Waals surface area contributed by atoms with E-state index in [0.29, 0.717) is 16.8 Å². The van der Waals surface area contributed by atoms with Crippen LogP contribution in [-0.2, 0) is 4.79 Å². The van der Waals surface area contributed by atoms with Crippen LogP contribution < -0.4 is 15.7 Å². The summed E-state index contributed by atoms with van der Waals surface area (Å²) in [7, 11) is 0. The number of hydrogen-bond acceptors (Lipinski definition) is 5. The summed E-state index contributed by atoms with van der Waals surface area (Å²) in [6.45, 7) is 3.60. The molecule has 0 aliphatic heterocycles. The largest absolute Gasteiger partial charge is 0.481 e. The normalized spacial score (nSPS) is 11.9. The van der Waals surface area contributed by atoms with Gasteiger partial charge in [-0.2, -0.15) is 5.10 Å². The number of fused-ring (bicyclic) bond motifs is 1. The maximum absolute atomic E-state index is 12.8. The molecular formula is C21H19N5O3. The highest BCUT2D eigenvalue weighted by atomic mass is 16.5. The lowest BCUT2D eigenvalue weighted by molar-refractivity contribution is -0.123. The Morgan fingerprint density at radius 3 is 2.55 bits per heavy atom. The second kappa shape index (κ2) is 7.59. The Labute approximate surface area is 166 Å². The van der Waals surface area contributed by atoms with Gasteiger partial charge in [0, 0.05) is 0 Å². The molecular weight excluding hydrogens is 370 g/mol. The summed E-state index contributed by atoms with van der Waals surface area (Å²) < 4.78 is 8.21. The van der Waals surface area contributed by atoms with Crippen LogP contribution in [0.1, 0.15) is 12.5 Å². The molecule has 0 saturated heterocycles. The predicted molar refractivity (Wildman–Crippen MR) is 109 cm³/mol. The molecule has 0 saturated carbocycles. The van der Waals surface area contributed by atoms with Gasteiger partial charge in [-0.1, -0.05) is 35.9 Å². The van der Waals surface area contributed by atoms with Gasteiger partial charge >= 0.3 is 0 Å². The van der Waals surface area contributed by atoms with Crippen LogP contribution in [0.5, 0.6) is 5.75 Å². The zero-order valence-electron chi connectivity index (χ0n) is 15.9. The van der Waals surface area contributed by atoms with Crippen LogP contribution in [0.2, 0.25) is 0 Å². The fourth-order valence-electron chi connectivity index (χ4n) is 2.83. The van der Waals surface area contributed by atoms with E-state index in [1.54, 1.807) is 23.7 Å². The molecule has 0 aliphatic rings. The van der Waals surface area contributed by atoms with Gasteiger partial charge in [0.1, 0.15) is 17.5 Å². The highest BCUT2D eigenvalue weighted by Crippen LogP contribution is 2.14. The van der Waals surface area contributed by atoms with Gasteiger partial charge < -0.3 is 4.74 Å². The predicted octanol–water partition coefficient (Wildman–Crippen LogP) is 2.43. The van der Waals surface area contributed by atoms with E-state index >= 15 is 0 Å². The number of amides is 1. The number of carbonyl (C=O) groups excluding carboxylic acids is 1. The number of ether oxygens (including phenoxy) is 1. The summed E-state index contributed by atoms with van der Waals surface area (Å²) in [5, 5.41) is 4.57. The van der Waals surface area contributed by atoms with Gasteiger partial charge in [-0.25, -0.2) is 14.3 Å². The zero-order valence-corrected chi connectivity index (χ0v) is 15.9. The number of hydrogen-bond donors (Lipinski definition) is 1. The van der Waals surface area contributed by atoms with Gasteiger partial charge in [-0.15, -0.1) is 0 Å². The summed E-state index contributed by atoms with van der Waals surface area (Å²) in [6, 6.07) is 16.7. The van der Waals surface area contributed by atoms with Crippen LogP contribution in [0, 0.1) is 6.92 Å². The molecule has 1 amide bonds. The van der Waals surface area contributed by atoms with E-state index in [1.807, 2.05) is 49.4 Å². The molecule has 1 N–H and O–H groups in total. The fourth-order valence-corrected chi connectivity index (χ4v) is 2.83. The molecule has 4 aromatic rings. The third-order valence-electron chi connectivity index (χ3n) is 4.42. The van der Waals surface area contributed by atoms with Crippen molar-refractivity contribution in [3.05, 3.63) is 83.0 Å². The number of benzene rings is 2. The standard InChI is InChI=1S/C21H19N5O3/c1-14-8-10-16(11-9-14)26-19-18(12-23-26)21(28)25(13-22-19)24-20(27)15(2)29-17-6-4-3-5-7-17/h3-13,15H,1-2H3,(H,24,27)/t15-/m0/s1. The highest BCUT2D eigenvalue weighted by Gasteiger charge is 2.17. The van der Waals surface area contributed by atoms with E-state index in [-0.39, 0.29) is 0 Å². The quantitative estimate of drug-likeness (QED) is 0.566. The molecule has 1 atom stereocenters. The first-order valence-corrected chi connectivity index (χ1v) is 9.08. The highest BCUT2D eigenvalue weighted by molar-refractivity contribution is 5.88. The van der Waals surface area contributed by atoms with Gasteiger partial charge in [0.15, 0.2) is 11.8 Å². The molecule has 8 heteroatoms. The molecule has 146 valence electrons. The minimum Gasteiger partial charge on any atom is -0.481 e. The molecule has 2 aromatic heterocycles. The first-order chi connectivity index (χ1) is 14.0. The molecule has 2 heterocycles. The topological polar surface area (TPSA) is 91.0 Å². The first kappa shape index (κ1) is 18.4. The average molecular weight is 389 g/mol.